The van der Waals surface area contributed by atoms with Crippen LogP contribution in [0.15, 0.2) is 24.3 Å². The van der Waals surface area contributed by atoms with Crippen molar-refractivity contribution < 1.29 is 18.3 Å². The predicted molar refractivity (Wildman–Crippen MR) is 94.3 cm³/mol. The molecule has 0 unspecified atom stereocenters. The summed E-state index contributed by atoms with van der Waals surface area (Å²) in [6.07, 6.45) is 1.85. The maximum Gasteiger partial charge on any atom is 0.272 e. The second-order valence-corrected chi connectivity index (χ2v) is 6.76. The van der Waals surface area contributed by atoms with E-state index in [1.165, 1.54) is 6.42 Å². The minimum atomic E-state index is -2.49. The van der Waals surface area contributed by atoms with Gasteiger partial charge in [0.2, 0.25) is 5.91 Å². The van der Waals surface area contributed by atoms with Crippen molar-refractivity contribution in [1.82, 2.24) is 10.6 Å². The highest BCUT2D eigenvalue weighted by molar-refractivity contribution is 5.85. The molecule has 2 fully saturated rings. The van der Waals surface area contributed by atoms with Gasteiger partial charge in [-0.3, -0.25) is 4.79 Å². The fourth-order valence-corrected chi connectivity index (χ4v) is 3.95. The Morgan fingerprint density at radius 2 is 2.24 bits per heavy atom. The number of hydrogen-bond acceptors (Lipinski definition) is 3. The number of benzene rings is 1. The van der Waals surface area contributed by atoms with Crippen molar-refractivity contribution in [3.05, 3.63) is 29.8 Å². The molecule has 4 nitrogen and oxygen atoms in total. The van der Waals surface area contributed by atoms with E-state index in [0.717, 1.165) is 37.9 Å². The zero-order valence-corrected chi connectivity index (χ0v) is 14.9. The molecule has 2 aliphatic rings. The number of nitrogens with one attached hydrogen (secondary N) is 2. The highest BCUT2D eigenvalue weighted by atomic mass is 35.5. The van der Waals surface area contributed by atoms with Gasteiger partial charge in [-0.2, -0.15) is 0 Å². The molecule has 0 bridgehead atoms. The molecule has 1 saturated carbocycles. The Balaban J connectivity index is 0.00000225. The van der Waals surface area contributed by atoms with Crippen molar-refractivity contribution >= 4 is 18.3 Å². The summed E-state index contributed by atoms with van der Waals surface area (Å²) in [7, 11) is 0. The van der Waals surface area contributed by atoms with Gasteiger partial charge in [-0.15, -0.1) is 12.4 Å². The highest BCUT2D eigenvalue weighted by Gasteiger charge is 2.49. The summed E-state index contributed by atoms with van der Waals surface area (Å²) in [5, 5.41) is 6.41. The van der Waals surface area contributed by atoms with Crippen LogP contribution in [0.5, 0.6) is 5.75 Å². The van der Waals surface area contributed by atoms with Crippen LogP contribution >= 0.6 is 12.4 Å². The highest BCUT2D eigenvalue weighted by Crippen LogP contribution is 2.43. The third kappa shape index (κ3) is 4.61. The molecule has 1 heterocycles. The fourth-order valence-electron chi connectivity index (χ4n) is 3.95. The van der Waals surface area contributed by atoms with Gasteiger partial charge >= 0.3 is 0 Å². The zero-order chi connectivity index (χ0) is 17.0. The Hall–Kier alpha value is -1.40. The van der Waals surface area contributed by atoms with Gasteiger partial charge in [-0.25, -0.2) is 8.78 Å². The van der Waals surface area contributed by atoms with Crippen molar-refractivity contribution in [2.75, 3.05) is 19.7 Å². The van der Waals surface area contributed by atoms with Gasteiger partial charge in [0, 0.05) is 13.1 Å². The number of carbonyl (C=O) groups excluding carboxylic acids is 1. The largest absolute Gasteiger partial charge is 0.488 e. The van der Waals surface area contributed by atoms with Crippen molar-refractivity contribution in [1.29, 1.82) is 0 Å². The van der Waals surface area contributed by atoms with Gasteiger partial charge in [0.05, 0.1) is 5.41 Å². The number of amides is 1. The standard InChI is InChI=1S/C18H24F2N2O2.ClH/c19-16(20)11-24-15-6-3-4-13(8-15)9-22-17(23)18-7-2-1-5-14(18)10-21-12-18;/h3-4,6,8,14,16,21H,1-2,5,7,9-12H2,(H,22,23);1H/t14-,18+;/m0./s1. The molecule has 25 heavy (non-hydrogen) atoms. The van der Waals surface area contributed by atoms with E-state index < -0.39 is 13.0 Å². The Morgan fingerprint density at radius 3 is 3.04 bits per heavy atom. The first-order valence-electron chi connectivity index (χ1n) is 8.59. The van der Waals surface area contributed by atoms with Gasteiger partial charge in [-0.1, -0.05) is 25.0 Å². The zero-order valence-electron chi connectivity index (χ0n) is 14.1. The first kappa shape index (κ1) is 19.9. The lowest BCUT2D eigenvalue weighted by Gasteiger charge is -2.37. The van der Waals surface area contributed by atoms with E-state index in [2.05, 4.69) is 10.6 Å². The van der Waals surface area contributed by atoms with Crippen molar-refractivity contribution in [2.24, 2.45) is 11.3 Å². The molecule has 0 spiro atoms. The summed E-state index contributed by atoms with van der Waals surface area (Å²) in [5.41, 5.74) is 0.576. The molecular weight excluding hydrogens is 350 g/mol. The van der Waals surface area contributed by atoms with Crippen LogP contribution in [0.3, 0.4) is 0 Å². The SMILES string of the molecule is Cl.O=C(NCc1cccc(OCC(F)F)c1)[C@@]12CCCC[C@H]1CNC2. The molecule has 1 aromatic rings. The molecule has 0 radical (unpaired) electrons. The second kappa shape index (κ2) is 8.81. The molecular formula is C18H25ClF2N2O2. The second-order valence-electron chi connectivity index (χ2n) is 6.76. The smallest absolute Gasteiger partial charge is 0.272 e. The van der Waals surface area contributed by atoms with E-state index in [1.54, 1.807) is 18.2 Å². The summed E-state index contributed by atoms with van der Waals surface area (Å²) in [6, 6.07) is 6.95. The number of fused-ring (bicyclic) bond motifs is 1. The quantitative estimate of drug-likeness (QED) is 0.804. The third-order valence-corrected chi connectivity index (χ3v) is 5.22. The van der Waals surface area contributed by atoms with Gasteiger partial charge < -0.3 is 15.4 Å². The average molecular weight is 375 g/mol. The van der Waals surface area contributed by atoms with E-state index in [1.807, 2.05) is 6.07 Å². The van der Waals surface area contributed by atoms with Crippen LogP contribution in [0.1, 0.15) is 31.2 Å². The average Bonchev–Trinajstić information content (AvgIpc) is 3.03. The fraction of sp³-hybridized carbons (Fsp3) is 0.611. The molecule has 1 aliphatic heterocycles. The van der Waals surface area contributed by atoms with E-state index in [0.29, 0.717) is 18.2 Å². The van der Waals surface area contributed by atoms with Crippen LogP contribution in [0.2, 0.25) is 0 Å². The first-order chi connectivity index (χ1) is 11.6. The van der Waals surface area contributed by atoms with Crippen LogP contribution in [-0.2, 0) is 11.3 Å². The van der Waals surface area contributed by atoms with E-state index in [-0.39, 0.29) is 23.7 Å². The minimum absolute atomic E-state index is 0. The Morgan fingerprint density at radius 1 is 1.40 bits per heavy atom. The number of ether oxygens (including phenoxy) is 1. The minimum Gasteiger partial charge on any atom is -0.488 e. The molecule has 0 aromatic heterocycles. The summed E-state index contributed by atoms with van der Waals surface area (Å²) >= 11 is 0. The molecule has 7 heteroatoms. The summed E-state index contributed by atoms with van der Waals surface area (Å²) in [4.78, 5) is 12.8. The molecule has 3 rings (SSSR count). The molecule has 1 saturated heterocycles. The third-order valence-electron chi connectivity index (χ3n) is 5.22. The van der Waals surface area contributed by atoms with E-state index >= 15 is 0 Å². The summed E-state index contributed by atoms with van der Waals surface area (Å²) in [5.74, 6) is 0.932. The lowest BCUT2D eigenvalue weighted by Crippen LogP contribution is -2.47. The number of hydrogen-bond donors (Lipinski definition) is 2. The predicted octanol–water partition coefficient (Wildman–Crippen LogP) is 3.15. The molecule has 2 N–H and O–H groups in total. The van der Waals surface area contributed by atoms with Crippen molar-refractivity contribution in [2.45, 2.75) is 38.7 Å². The number of alkyl halides is 2. The number of halogens is 3. The van der Waals surface area contributed by atoms with Gasteiger partial charge in [0.25, 0.3) is 6.43 Å². The Labute approximate surface area is 153 Å². The lowest BCUT2D eigenvalue weighted by molar-refractivity contribution is -0.134. The van der Waals surface area contributed by atoms with Crippen LogP contribution in [0, 0.1) is 11.3 Å². The Kier molecular flexibility index (Phi) is 7.02. The first-order valence-corrected chi connectivity index (χ1v) is 8.59. The molecule has 1 aliphatic carbocycles. The monoisotopic (exact) mass is 374 g/mol. The summed E-state index contributed by atoms with van der Waals surface area (Å²) < 4.78 is 29.5. The Bertz CT molecular complexity index is 588. The topological polar surface area (TPSA) is 50.4 Å². The van der Waals surface area contributed by atoms with E-state index in [9.17, 15) is 13.6 Å². The van der Waals surface area contributed by atoms with E-state index in [4.69, 9.17) is 4.74 Å². The maximum atomic E-state index is 12.8. The van der Waals surface area contributed by atoms with Crippen LogP contribution in [-0.4, -0.2) is 32.0 Å². The molecule has 2 atom stereocenters. The van der Waals surface area contributed by atoms with Crippen molar-refractivity contribution in [3.63, 3.8) is 0 Å². The van der Waals surface area contributed by atoms with Crippen LogP contribution in [0.4, 0.5) is 8.78 Å². The summed E-state index contributed by atoms with van der Waals surface area (Å²) in [6.45, 7) is 1.44. The molecule has 1 aromatic carbocycles. The number of carbonyl (C=O) groups is 1. The van der Waals surface area contributed by atoms with Crippen LogP contribution in [0.25, 0.3) is 0 Å². The maximum absolute atomic E-state index is 12.8. The van der Waals surface area contributed by atoms with Crippen molar-refractivity contribution in [3.8, 4) is 5.75 Å². The molecule has 140 valence electrons. The lowest BCUT2D eigenvalue weighted by atomic mass is 9.67. The normalized spacial score (nSPS) is 25.2. The van der Waals surface area contributed by atoms with Gasteiger partial charge in [0.15, 0.2) is 0 Å². The molecule has 1 amide bonds. The van der Waals surface area contributed by atoms with Crippen LogP contribution < -0.4 is 15.4 Å². The number of rotatable bonds is 6. The van der Waals surface area contributed by atoms with Gasteiger partial charge in [0.1, 0.15) is 12.4 Å². The van der Waals surface area contributed by atoms with Gasteiger partial charge in [-0.05, 0) is 43.0 Å².